The number of hydrogen-bond acceptors (Lipinski definition) is 3. The van der Waals surface area contributed by atoms with Gasteiger partial charge in [0.1, 0.15) is 18.0 Å². The average molecular weight is 339 g/mol. The lowest BCUT2D eigenvalue weighted by atomic mass is 10.1. The molecule has 0 bridgehead atoms. The molecule has 0 aliphatic carbocycles. The molecule has 0 radical (unpaired) electrons. The zero-order chi connectivity index (χ0) is 16.7. The number of fused-ring (bicyclic) bond motifs is 1. The predicted octanol–water partition coefficient (Wildman–Crippen LogP) is 4.46. The van der Waals surface area contributed by atoms with Crippen LogP contribution in [-0.2, 0) is 0 Å². The molecular formula is C18H12ClFN4. The van der Waals surface area contributed by atoms with Gasteiger partial charge in [-0.2, -0.15) is 0 Å². The minimum absolute atomic E-state index is 0.288. The number of rotatable bonds is 2. The monoisotopic (exact) mass is 338 g/mol. The maximum atomic E-state index is 13.2. The summed E-state index contributed by atoms with van der Waals surface area (Å²) >= 11 is 5.97. The summed E-state index contributed by atoms with van der Waals surface area (Å²) in [4.78, 5) is 8.46. The zero-order valence-electron chi connectivity index (χ0n) is 12.4. The van der Waals surface area contributed by atoms with Gasteiger partial charge in [-0.3, -0.25) is 0 Å². The Labute approximate surface area is 142 Å². The summed E-state index contributed by atoms with van der Waals surface area (Å²) in [5.74, 6) is 0.0939. The summed E-state index contributed by atoms with van der Waals surface area (Å²) in [6.07, 6.45) is 3.35. The van der Waals surface area contributed by atoms with Gasteiger partial charge in [0.2, 0.25) is 0 Å². The van der Waals surface area contributed by atoms with Crippen LogP contribution in [0.5, 0.6) is 0 Å². The van der Waals surface area contributed by atoms with Gasteiger partial charge < -0.3 is 10.3 Å². The molecule has 0 saturated heterocycles. The first kappa shape index (κ1) is 14.7. The van der Waals surface area contributed by atoms with Crippen LogP contribution in [0.3, 0.4) is 0 Å². The van der Waals surface area contributed by atoms with Crippen molar-refractivity contribution in [2.75, 3.05) is 5.73 Å². The fourth-order valence-corrected chi connectivity index (χ4v) is 2.86. The minimum Gasteiger partial charge on any atom is -0.383 e. The van der Waals surface area contributed by atoms with E-state index in [-0.39, 0.29) is 5.82 Å². The van der Waals surface area contributed by atoms with Crippen molar-refractivity contribution in [3.05, 3.63) is 71.9 Å². The van der Waals surface area contributed by atoms with Crippen LogP contribution >= 0.6 is 11.6 Å². The van der Waals surface area contributed by atoms with Crippen LogP contribution in [0, 0.1) is 5.82 Å². The minimum atomic E-state index is -0.288. The highest BCUT2D eigenvalue weighted by molar-refractivity contribution is 6.30. The maximum Gasteiger partial charge on any atom is 0.150 e. The Morgan fingerprint density at radius 3 is 2.38 bits per heavy atom. The van der Waals surface area contributed by atoms with Gasteiger partial charge in [0.05, 0.1) is 5.39 Å². The van der Waals surface area contributed by atoms with E-state index in [2.05, 4.69) is 9.97 Å². The molecule has 0 fully saturated rings. The third-order valence-corrected chi connectivity index (χ3v) is 4.12. The van der Waals surface area contributed by atoms with Crippen LogP contribution in [-0.4, -0.2) is 14.5 Å². The number of halogens is 2. The molecule has 4 aromatic rings. The second-order valence-corrected chi connectivity index (χ2v) is 5.79. The average Bonchev–Trinajstić information content (AvgIpc) is 2.97. The maximum absolute atomic E-state index is 13.2. The van der Waals surface area contributed by atoms with Gasteiger partial charge in [-0.05, 0) is 42.0 Å². The van der Waals surface area contributed by atoms with Gasteiger partial charge >= 0.3 is 0 Å². The number of nitrogens with two attached hydrogens (primary N) is 1. The van der Waals surface area contributed by atoms with E-state index >= 15 is 0 Å². The molecular weight excluding hydrogens is 327 g/mol. The molecule has 0 aliphatic heterocycles. The Kier molecular flexibility index (Phi) is 3.43. The van der Waals surface area contributed by atoms with Gasteiger partial charge in [0, 0.05) is 22.5 Å². The van der Waals surface area contributed by atoms with Gasteiger partial charge in [0.25, 0.3) is 0 Å². The first-order valence-corrected chi connectivity index (χ1v) is 7.65. The largest absolute Gasteiger partial charge is 0.383 e. The van der Waals surface area contributed by atoms with E-state index < -0.39 is 0 Å². The fraction of sp³-hybridized carbons (Fsp3) is 0. The van der Waals surface area contributed by atoms with Crippen molar-refractivity contribution in [3.8, 4) is 16.8 Å². The molecule has 118 valence electrons. The van der Waals surface area contributed by atoms with Crippen LogP contribution in [0.15, 0.2) is 61.1 Å². The molecule has 0 spiro atoms. The summed E-state index contributed by atoms with van der Waals surface area (Å²) in [5, 5.41) is 1.39. The number of aromatic nitrogens is 3. The quantitative estimate of drug-likeness (QED) is 0.587. The standard InChI is InChI=1S/C18H12ClFN4/c19-12-3-7-14(8-4-12)24-9-15(11-1-5-13(20)6-2-11)16-17(21)22-10-23-18(16)24/h1-10H,(H2,21,22,23). The van der Waals surface area contributed by atoms with Crippen LogP contribution < -0.4 is 5.73 Å². The Morgan fingerprint density at radius 2 is 1.67 bits per heavy atom. The lowest BCUT2D eigenvalue weighted by Gasteiger charge is -2.04. The molecule has 4 nitrogen and oxygen atoms in total. The first-order valence-electron chi connectivity index (χ1n) is 7.27. The summed E-state index contributed by atoms with van der Waals surface area (Å²) in [6, 6.07) is 13.7. The normalized spacial score (nSPS) is 11.1. The highest BCUT2D eigenvalue weighted by Gasteiger charge is 2.16. The Morgan fingerprint density at radius 1 is 0.958 bits per heavy atom. The number of hydrogen-bond donors (Lipinski definition) is 1. The summed E-state index contributed by atoms with van der Waals surface area (Å²) < 4.78 is 15.2. The van der Waals surface area contributed by atoms with Crippen molar-refractivity contribution in [1.82, 2.24) is 14.5 Å². The van der Waals surface area contributed by atoms with Crippen molar-refractivity contribution in [3.63, 3.8) is 0 Å². The molecule has 24 heavy (non-hydrogen) atoms. The molecule has 0 aliphatic rings. The number of nitrogens with zero attached hydrogens (tertiary/aromatic N) is 3. The van der Waals surface area contributed by atoms with E-state index in [0.29, 0.717) is 16.5 Å². The van der Waals surface area contributed by atoms with Gasteiger partial charge in [-0.25, -0.2) is 14.4 Å². The topological polar surface area (TPSA) is 56.7 Å². The SMILES string of the molecule is Nc1ncnc2c1c(-c1ccc(F)cc1)cn2-c1ccc(Cl)cc1. The molecule has 2 aromatic heterocycles. The third kappa shape index (κ3) is 2.39. The van der Waals surface area contributed by atoms with E-state index in [1.807, 2.05) is 35.0 Å². The van der Waals surface area contributed by atoms with E-state index in [9.17, 15) is 4.39 Å². The number of benzene rings is 2. The van der Waals surface area contributed by atoms with Crippen molar-refractivity contribution in [2.45, 2.75) is 0 Å². The first-order chi connectivity index (χ1) is 11.6. The fourth-order valence-electron chi connectivity index (χ4n) is 2.73. The summed E-state index contributed by atoms with van der Waals surface area (Å²) in [5.41, 5.74) is 9.35. The molecule has 6 heteroatoms. The Balaban J connectivity index is 2.01. The van der Waals surface area contributed by atoms with E-state index in [1.54, 1.807) is 12.1 Å². The highest BCUT2D eigenvalue weighted by Crippen LogP contribution is 2.34. The van der Waals surface area contributed by atoms with Crippen molar-refractivity contribution >= 4 is 28.5 Å². The van der Waals surface area contributed by atoms with E-state index in [1.165, 1.54) is 18.5 Å². The zero-order valence-corrected chi connectivity index (χ0v) is 13.2. The van der Waals surface area contributed by atoms with Gasteiger partial charge in [-0.1, -0.05) is 23.7 Å². The van der Waals surface area contributed by atoms with Gasteiger partial charge in [-0.15, -0.1) is 0 Å². The van der Waals surface area contributed by atoms with Crippen LogP contribution in [0.25, 0.3) is 27.8 Å². The lowest BCUT2D eigenvalue weighted by Crippen LogP contribution is -1.96. The second-order valence-electron chi connectivity index (χ2n) is 5.35. The smallest absolute Gasteiger partial charge is 0.150 e. The van der Waals surface area contributed by atoms with Crippen molar-refractivity contribution < 1.29 is 4.39 Å². The Hall–Kier alpha value is -2.92. The highest BCUT2D eigenvalue weighted by atomic mass is 35.5. The third-order valence-electron chi connectivity index (χ3n) is 3.87. The Bertz CT molecular complexity index is 1020. The van der Waals surface area contributed by atoms with Crippen LogP contribution in [0.4, 0.5) is 10.2 Å². The molecule has 0 unspecified atom stereocenters. The summed E-state index contributed by atoms with van der Waals surface area (Å²) in [6.45, 7) is 0. The van der Waals surface area contributed by atoms with Crippen LogP contribution in [0.1, 0.15) is 0 Å². The van der Waals surface area contributed by atoms with Gasteiger partial charge in [0.15, 0.2) is 5.65 Å². The molecule has 4 rings (SSSR count). The number of nitrogen functional groups attached to an aromatic ring is 1. The van der Waals surface area contributed by atoms with E-state index in [0.717, 1.165) is 22.2 Å². The molecule has 0 amide bonds. The molecule has 0 atom stereocenters. The second kappa shape index (κ2) is 5.62. The molecule has 0 saturated carbocycles. The van der Waals surface area contributed by atoms with E-state index in [4.69, 9.17) is 17.3 Å². The number of anilines is 1. The predicted molar refractivity (Wildman–Crippen MR) is 93.7 cm³/mol. The van der Waals surface area contributed by atoms with Crippen molar-refractivity contribution in [1.29, 1.82) is 0 Å². The molecule has 2 N–H and O–H groups in total. The van der Waals surface area contributed by atoms with Crippen LogP contribution in [0.2, 0.25) is 5.02 Å². The molecule has 2 aromatic carbocycles. The lowest BCUT2D eigenvalue weighted by molar-refractivity contribution is 0.628. The summed E-state index contributed by atoms with van der Waals surface area (Å²) in [7, 11) is 0. The molecule has 2 heterocycles. The van der Waals surface area contributed by atoms with Crippen molar-refractivity contribution in [2.24, 2.45) is 0 Å².